The Hall–Kier alpha value is -2.66. The van der Waals surface area contributed by atoms with Gasteiger partial charge in [-0.15, -0.1) is 0 Å². The largest absolute Gasteiger partial charge is 0.349 e. The molecule has 0 bridgehead atoms. The molecule has 2 aromatic rings. The number of imide groups is 1. The van der Waals surface area contributed by atoms with Crippen LogP contribution in [0.2, 0.25) is 5.02 Å². The molecule has 3 amide bonds. The van der Waals surface area contributed by atoms with Gasteiger partial charge in [0.15, 0.2) is 0 Å². The van der Waals surface area contributed by atoms with E-state index in [1.807, 2.05) is 37.3 Å². The predicted molar refractivity (Wildman–Crippen MR) is 111 cm³/mol. The Morgan fingerprint density at radius 3 is 2.48 bits per heavy atom. The standard InChI is InChI=1S/C23H23ClN2O3/c1-14-4-11-18-19(13-14)23(29)26(22(18)28)12-2-3-20(27)25-21(15-5-6-15)16-7-9-17(24)10-8-16/h4,7-11,13,15,21H,2-3,5-6,12H2,1H3,(H,25,27). The zero-order chi connectivity index (χ0) is 20.5. The number of amides is 3. The maximum Gasteiger partial charge on any atom is 0.261 e. The van der Waals surface area contributed by atoms with Crippen LogP contribution >= 0.6 is 11.6 Å². The van der Waals surface area contributed by atoms with E-state index in [1.54, 1.807) is 12.1 Å². The molecule has 2 aromatic carbocycles. The van der Waals surface area contributed by atoms with Gasteiger partial charge >= 0.3 is 0 Å². The van der Waals surface area contributed by atoms with Crippen molar-refractivity contribution < 1.29 is 14.4 Å². The van der Waals surface area contributed by atoms with E-state index in [4.69, 9.17) is 11.6 Å². The van der Waals surface area contributed by atoms with E-state index in [2.05, 4.69) is 5.32 Å². The molecule has 1 unspecified atom stereocenters. The van der Waals surface area contributed by atoms with E-state index in [1.165, 1.54) is 4.90 Å². The highest BCUT2D eigenvalue weighted by Crippen LogP contribution is 2.41. The SMILES string of the molecule is Cc1ccc2c(c1)C(=O)N(CCCC(=O)NC(c1ccc(Cl)cc1)C1CC1)C2=O. The third-order valence-electron chi connectivity index (χ3n) is 5.55. The second kappa shape index (κ2) is 7.99. The fraction of sp³-hybridized carbons (Fsp3) is 0.348. The number of nitrogens with one attached hydrogen (secondary N) is 1. The van der Waals surface area contributed by atoms with Crippen molar-refractivity contribution in [3.05, 3.63) is 69.7 Å². The van der Waals surface area contributed by atoms with Crippen LogP contribution in [0.3, 0.4) is 0 Å². The molecule has 1 saturated carbocycles. The minimum atomic E-state index is -0.276. The topological polar surface area (TPSA) is 66.5 Å². The van der Waals surface area contributed by atoms with Gasteiger partial charge in [0.05, 0.1) is 17.2 Å². The van der Waals surface area contributed by atoms with Gasteiger partial charge in [-0.3, -0.25) is 19.3 Å². The highest BCUT2D eigenvalue weighted by atomic mass is 35.5. The predicted octanol–water partition coefficient (Wildman–Crippen LogP) is 4.29. The van der Waals surface area contributed by atoms with Gasteiger partial charge in [-0.05, 0) is 61.9 Å². The minimum Gasteiger partial charge on any atom is -0.349 e. The number of halogens is 1. The average molecular weight is 411 g/mol. The van der Waals surface area contributed by atoms with Crippen molar-refractivity contribution >= 4 is 29.3 Å². The Kier molecular flexibility index (Phi) is 5.41. The van der Waals surface area contributed by atoms with Gasteiger partial charge in [0.2, 0.25) is 5.91 Å². The molecular weight excluding hydrogens is 388 g/mol. The first-order valence-corrected chi connectivity index (χ1v) is 10.3. The Bertz CT molecular complexity index is 967. The van der Waals surface area contributed by atoms with Crippen molar-refractivity contribution in [3.63, 3.8) is 0 Å². The van der Waals surface area contributed by atoms with E-state index < -0.39 is 0 Å². The summed E-state index contributed by atoms with van der Waals surface area (Å²) < 4.78 is 0. The van der Waals surface area contributed by atoms with Crippen molar-refractivity contribution in [1.29, 1.82) is 0 Å². The lowest BCUT2D eigenvalue weighted by atomic mass is 10.0. The molecule has 1 fully saturated rings. The van der Waals surface area contributed by atoms with Crippen molar-refractivity contribution in [2.75, 3.05) is 6.54 Å². The van der Waals surface area contributed by atoms with Crippen molar-refractivity contribution in [2.24, 2.45) is 5.92 Å². The molecule has 2 aliphatic rings. The zero-order valence-corrected chi connectivity index (χ0v) is 17.0. The van der Waals surface area contributed by atoms with E-state index in [-0.39, 0.29) is 36.7 Å². The van der Waals surface area contributed by atoms with Gasteiger partial charge in [0.1, 0.15) is 0 Å². The Morgan fingerprint density at radius 2 is 1.79 bits per heavy atom. The van der Waals surface area contributed by atoms with Gasteiger partial charge in [-0.2, -0.15) is 0 Å². The Labute approximate surface area is 175 Å². The van der Waals surface area contributed by atoms with Gasteiger partial charge in [0.25, 0.3) is 11.8 Å². The maximum absolute atomic E-state index is 12.5. The van der Waals surface area contributed by atoms with Gasteiger partial charge in [-0.1, -0.05) is 35.4 Å². The lowest BCUT2D eigenvalue weighted by Gasteiger charge is -2.19. The lowest BCUT2D eigenvalue weighted by Crippen LogP contribution is -2.33. The van der Waals surface area contributed by atoms with Crippen LogP contribution in [-0.2, 0) is 4.79 Å². The monoisotopic (exact) mass is 410 g/mol. The van der Waals surface area contributed by atoms with Crippen LogP contribution in [0.15, 0.2) is 42.5 Å². The molecule has 150 valence electrons. The molecule has 4 rings (SSSR count). The fourth-order valence-corrected chi connectivity index (χ4v) is 3.95. The van der Waals surface area contributed by atoms with E-state index in [9.17, 15) is 14.4 Å². The van der Waals surface area contributed by atoms with Gasteiger partial charge in [-0.25, -0.2) is 0 Å². The number of rotatable bonds is 7. The molecule has 29 heavy (non-hydrogen) atoms. The summed E-state index contributed by atoms with van der Waals surface area (Å²) in [6, 6.07) is 12.8. The lowest BCUT2D eigenvalue weighted by molar-refractivity contribution is -0.122. The van der Waals surface area contributed by atoms with Crippen molar-refractivity contribution in [3.8, 4) is 0 Å². The minimum absolute atomic E-state index is 0.0120. The summed E-state index contributed by atoms with van der Waals surface area (Å²) in [7, 11) is 0. The molecule has 1 N–H and O–H groups in total. The average Bonchev–Trinajstić information content (AvgIpc) is 3.51. The van der Waals surface area contributed by atoms with Crippen LogP contribution in [-0.4, -0.2) is 29.2 Å². The Balaban J connectivity index is 1.32. The van der Waals surface area contributed by atoms with Crippen LogP contribution in [0.1, 0.15) is 63.6 Å². The number of carbonyl (C=O) groups is 3. The van der Waals surface area contributed by atoms with Crippen LogP contribution < -0.4 is 5.32 Å². The van der Waals surface area contributed by atoms with E-state index in [0.717, 1.165) is 24.0 Å². The van der Waals surface area contributed by atoms with E-state index >= 15 is 0 Å². The molecule has 1 heterocycles. The second-order valence-electron chi connectivity index (χ2n) is 7.85. The summed E-state index contributed by atoms with van der Waals surface area (Å²) in [6.07, 6.45) is 2.90. The third kappa shape index (κ3) is 4.20. The summed E-state index contributed by atoms with van der Waals surface area (Å²) in [5, 5.41) is 3.79. The number of nitrogens with zero attached hydrogens (tertiary/aromatic N) is 1. The Morgan fingerprint density at radius 1 is 1.10 bits per heavy atom. The molecule has 1 atom stereocenters. The number of hydrogen-bond donors (Lipinski definition) is 1. The van der Waals surface area contributed by atoms with E-state index in [0.29, 0.717) is 28.5 Å². The quantitative estimate of drug-likeness (QED) is 0.692. The summed E-state index contributed by atoms with van der Waals surface area (Å²) in [4.78, 5) is 38.7. The van der Waals surface area contributed by atoms with Crippen LogP contribution in [0, 0.1) is 12.8 Å². The number of benzene rings is 2. The molecule has 1 aliphatic carbocycles. The first-order valence-electron chi connectivity index (χ1n) is 9.95. The van der Waals surface area contributed by atoms with Crippen LogP contribution in [0.5, 0.6) is 0 Å². The summed E-state index contributed by atoms with van der Waals surface area (Å²) in [6.45, 7) is 2.13. The first-order chi connectivity index (χ1) is 13.9. The number of fused-ring (bicyclic) bond motifs is 1. The highest BCUT2D eigenvalue weighted by molar-refractivity contribution is 6.30. The molecule has 6 heteroatoms. The summed E-state index contributed by atoms with van der Waals surface area (Å²) in [5.41, 5.74) is 2.90. The number of hydrogen-bond acceptors (Lipinski definition) is 3. The smallest absolute Gasteiger partial charge is 0.261 e. The molecule has 0 spiro atoms. The first kappa shape index (κ1) is 19.6. The molecule has 0 aromatic heterocycles. The van der Waals surface area contributed by atoms with Crippen LogP contribution in [0.25, 0.3) is 0 Å². The molecule has 1 aliphatic heterocycles. The summed E-state index contributed by atoms with van der Waals surface area (Å²) in [5.74, 6) is -0.155. The fourth-order valence-electron chi connectivity index (χ4n) is 3.82. The second-order valence-corrected chi connectivity index (χ2v) is 8.29. The van der Waals surface area contributed by atoms with Crippen molar-refractivity contribution in [2.45, 2.75) is 38.6 Å². The molecule has 5 nitrogen and oxygen atoms in total. The number of carbonyl (C=O) groups excluding carboxylic acids is 3. The maximum atomic E-state index is 12.5. The normalized spacial score (nSPS) is 16.7. The highest BCUT2D eigenvalue weighted by Gasteiger charge is 2.36. The molecule has 0 saturated heterocycles. The van der Waals surface area contributed by atoms with Gasteiger partial charge < -0.3 is 5.32 Å². The summed E-state index contributed by atoms with van der Waals surface area (Å²) >= 11 is 5.97. The molecule has 0 radical (unpaired) electrons. The molecular formula is C23H23ClN2O3. The zero-order valence-electron chi connectivity index (χ0n) is 16.3. The van der Waals surface area contributed by atoms with Crippen molar-refractivity contribution in [1.82, 2.24) is 10.2 Å². The third-order valence-corrected chi connectivity index (χ3v) is 5.80. The number of aryl methyl sites for hydroxylation is 1. The van der Waals surface area contributed by atoms with Gasteiger partial charge in [0, 0.05) is 18.0 Å². The van der Waals surface area contributed by atoms with Crippen LogP contribution in [0.4, 0.5) is 0 Å².